The van der Waals surface area contributed by atoms with E-state index in [1.54, 1.807) is 7.11 Å². The largest absolute Gasteiger partial charge is 0.385 e. The molecule has 2 heteroatoms. The molecule has 2 nitrogen and oxygen atoms in total. The minimum absolute atomic E-state index is 0.715. The van der Waals surface area contributed by atoms with Crippen LogP contribution >= 0.6 is 0 Å². The summed E-state index contributed by atoms with van der Waals surface area (Å²) in [6.45, 7) is 3.14. The lowest BCUT2D eigenvalue weighted by Gasteiger charge is -2.14. The third kappa shape index (κ3) is 6.62. The van der Waals surface area contributed by atoms with Gasteiger partial charge in [-0.15, -0.1) is 0 Å². The van der Waals surface area contributed by atoms with Gasteiger partial charge in [0.1, 0.15) is 0 Å². The van der Waals surface area contributed by atoms with Gasteiger partial charge in [-0.25, -0.2) is 0 Å². The molecular formula is C10H23NO. The van der Waals surface area contributed by atoms with Crippen molar-refractivity contribution < 1.29 is 4.74 Å². The Morgan fingerprint density at radius 1 is 1.25 bits per heavy atom. The summed E-state index contributed by atoms with van der Waals surface area (Å²) >= 11 is 0. The Labute approximate surface area is 76.7 Å². The molecule has 0 aromatic heterocycles. The molecule has 0 aliphatic heterocycles. The molecule has 0 saturated heterocycles. The fourth-order valence-corrected chi connectivity index (χ4v) is 1.42. The van der Waals surface area contributed by atoms with Crippen molar-refractivity contribution in [2.24, 2.45) is 0 Å². The molecule has 12 heavy (non-hydrogen) atoms. The number of nitrogens with one attached hydrogen (secondary N) is 1. The summed E-state index contributed by atoms with van der Waals surface area (Å²) in [6, 6.07) is 0.715. The molecule has 0 aliphatic carbocycles. The number of hydrogen-bond acceptors (Lipinski definition) is 2. The lowest BCUT2D eigenvalue weighted by molar-refractivity contribution is 0.190. The van der Waals surface area contributed by atoms with Crippen LogP contribution in [0.3, 0.4) is 0 Å². The van der Waals surface area contributed by atoms with E-state index in [4.69, 9.17) is 4.74 Å². The van der Waals surface area contributed by atoms with Crippen LogP contribution < -0.4 is 5.32 Å². The Hall–Kier alpha value is -0.0800. The number of unbranched alkanes of at least 4 members (excludes halogenated alkanes) is 1. The summed E-state index contributed by atoms with van der Waals surface area (Å²) in [5.74, 6) is 0. The SMILES string of the molecule is CCCC(CCCCOC)NC. The fourth-order valence-electron chi connectivity index (χ4n) is 1.42. The molecule has 0 saturated carbocycles. The van der Waals surface area contributed by atoms with E-state index in [0.29, 0.717) is 6.04 Å². The monoisotopic (exact) mass is 173 g/mol. The average Bonchev–Trinajstić information content (AvgIpc) is 2.10. The van der Waals surface area contributed by atoms with Crippen LogP contribution in [0.25, 0.3) is 0 Å². The summed E-state index contributed by atoms with van der Waals surface area (Å²) in [5, 5.41) is 3.34. The van der Waals surface area contributed by atoms with Crippen molar-refractivity contribution in [2.75, 3.05) is 20.8 Å². The molecule has 74 valence electrons. The highest BCUT2D eigenvalue weighted by Crippen LogP contribution is 2.06. The van der Waals surface area contributed by atoms with E-state index in [2.05, 4.69) is 19.3 Å². The van der Waals surface area contributed by atoms with E-state index >= 15 is 0 Å². The minimum atomic E-state index is 0.715. The summed E-state index contributed by atoms with van der Waals surface area (Å²) in [7, 11) is 3.82. The van der Waals surface area contributed by atoms with Gasteiger partial charge in [0.15, 0.2) is 0 Å². The van der Waals surface area contributed by atoms with Gasteiger partial charge in [-0.05, 0) is 32.7 Å². The van der Waals surface area contributed by atoms with Crippen molar-refractivity contribution in [1.29, 1.82) is 0 Å². The van der Waals surface area contributed by atoms with Gasteiger partial charge in [0.05, 0.1) is 0 Å². The Morgan fingerprint density at radius 3 is 2.50 bits per heavy atom. The van der Waals surface area contributed by atoms with Crippen molar-refractivity contribution in [1.82, 2.24) is 5.32 Å². The molecule has 0 aromatic rings. The van der Waals surface area contributed by atoms with Crippen LogP contribution in [0, 0.1) is 0 Å². The van der Waals surface area contributed by atoms with E-state index in [9.17, 15) is 0 Å². The first kappa shape index (κ1) is 11.9. The molecule has 0 radical (unpaired) electrons. The summed E-state index contributed by atoms with van der Waals surface area (Å²) in [6.07, 6.45) is 6.32. The molecule has 0 aromatic carbocycles. The van der Waals surface area contributed by atoms with E-state index in [-0.39, 0.29) is 0 Å². The molecule has 0 fully saturated rings. The van der Waals surface area contributed by atoms with Gasteiger partial charge < -0.3 is 10.1 Å². The van der Waals surface area contributed by atoms with Crippen LogP contribution in [0.1, 0.15) is 39.0 Å². The quantitative estimate of drug-likeness (QED) is 0.568. The molecule has 1 N–H and O–H groups in total. The maximum Gasteiger partial charge on any atom is 0.0462 e. The van der Waals surface area contributed by atoms with E-state index < -0.39 is 0 Å². The van der Waals surface area contributed by atoms with E-state index in [1.807, 2.05) is 0 Å². The summed E-state index contributed by atoms with van der Waals surface area (Å²) in [4.78, 5) is 0. The van der Waals surface area contributed by atoms with Crippen molar-refractivity contribution in [3.63, 3.8) is 0 Å². The van der Waals surface area contributed by atoms with Crippen LogP contribution in [0.15, 0.2) is 0 Å². The number of hydrogen-bond donors (Lipinski definition) is 1. The first-order chi connectivity index (χ1) is 5.85. The molecule has 0 spiro atoms. The standard InChI is InChI=1S/C10H23NO/c1-4-7-10(11-2)8-5-6-9-12-3/h10-11H,4-9H2,1-3H3. The second-order valence-corrected chi connectivity index (χ2v) is 3.26. The van der Waals surface area contributed by atoms with Crippen molar-refractivity contribution in [3.8, 4) is 0 Å². The minimum Gasteiger partial charge on any atom is -0.385 e. The first-order valence-corrected chi connectivity index (χ1v) is 5.01. The molecular weight excluding hydrogens is 150 g/mol. The average molecular weight is 173 g/mol. The first-order valence-electron chi connectivity index (χ1n) is 5.01. The van der Waals surface area contributed by atoms with E-state index in [1.165, 1.54) is 32.1 Å². The zero-order chi connectivity index (χ0) is 9.23. The highest BCUT2D eigenvalue weighted by Gasteiger charge is 2.02. The normalized spacial score (nSPS) is 13.2. The van der Waals surface area contributed by atoms with Gasteiger partial charge in [-0.3, -0.25) is 0 Å². The van der Waals surface area contributed by atoms with Gasteiger partial charge in [-0.1, -0.05) is 13.3 Å². The van der Waals surface area contributed by atoms with Crippen LogP contribution in [0.4, 0.5) is 0 Å². The zero-order valence-electron chi connectivity index (χ0n) is 8.73. The third-order valence-electron chi connectivity index (χ3n) is 2.20. The van der Waals surface area contributed by atoms with Crippen LogP contribution in [0.5, 0.6) is 0 Å². The predicted octanol–water partition coefficient (Wildman–Crippen LogP) is 2.19. The van der Waals surface area contributed by atoms with Crippen LogP contribution in [-0.4, -0.2) is 26.8 Å². The Morgan fingerprint density at radius 2 is 2.00 bits per heavy atom. The van der Waals surface area contributed by atoms with Gasteiger partial charge in [0, 0.05) is 19.8 Å². The van der Waals surface area contributed by atoms with E-state index in [0.717, 1.165) is 6.61 Å². The van der Waals surface area contributed by atoms with Crippen LogP contribution in [-0.2, 0) is 4.74 Å². The number of methoxy groups -OCH3 is 1. The molecule has 0 bridgehead atoms. The maximum atomic E-state index is 5.00. The topological polar surface area (TPSA) is 21.3 Å². The Bertz CT molecular complexity index is 85.9. The lowest BCUT2D eigenvalue weighted by atomic mass is 10.1. The molecule has 0 amide bonds. The van der Waals surface area contributed by atoms with Crippen LogP contribution in [0.2, 0.25) is 0 Å². The molecule has 0 heterocycles. The maximum absolute atomic E-state index is 5.00. The summed E-state index contributed by atoms with van der Waals surface area (Å²) < 4.78 is 5.00. The smallest absolute Gasteiger partial charge is 0.0462 e. The second kappa shape index (κ2) is 9.01. The fraction of sp³-hybridized carbons (Fsp3) is 1.00. The van der Waals surface area contributed by atoms with Gasteiger partial charge in [-0.2, -0.15) is 0 Å². The number of rotatable bonds is 8. The Balaban J connectivity index is 3.19. The van der Waals surface area contributed by atoms with Crippen molar-refractivity contribution in [3.05, 3.63) is 0 Å². The second-order valence-electron chi connectivity index (χ2n) is 3.26. The molecule has 1 atom stereocenters. The van der Waals surface area contributed by atoms with Gasteiger partial charge >= 0.3 is 0 Å². The molecule has 1 unspecified atom stereocenters. The van der Waals surface area contributed by atoms with Gasteiger partial charge in [0.25, 0.3) is 0 Å². The summed E-state index contributed by atoms with van der Waals surface area (Å²) in [5.41, 5.74) is 0. The zero-order valence-corrected chi connectivity index (χ0v) is 8.73. The highest BCUT2D eigenvalue weighted by atomic mass is 16.5. The predicted molar refractivity (Wildman–Crippen MR) is 53.5 cm³/mol. The molecule has 0 aliphatic rings. The molecule has 0 rings (SSSR count). The highest BCUT2D eigenvalue weighted by molar-refractivity contribution is 4.63. The van der Waals surface area contributed by atoms with Gasteiger partial charge in [0.2, 0.25) is 0 Å². The lowest BCUT2D eigenvalue weighted by Crippen LogP contribution is -2.24. The Kier molecular flexibility index (Phi) is 8.95. The number of ether oxygens (including phenoxy) is 1. The third-order valence-corrected chi connectivity index (χ3v) is 2.20. The van der Waals surface area contributed by atoms with Crippen molar-refractivity contribution >= 4 is 0 Å². The van der Waals surface area contributed by atoms with Crippen molar-refractivity contribution in [2.45, 2.75) is 45.1 Å².